The lowest BCUT2D eigenvalue weighted by Crippen LogP contribution is -2.48. The Morgan fingerprint density at radius 2 is 2.33 bits per heavy atom. The van der Waals surface area contributed by atoms with Crippen LogP contribution >= 0.6 is 0 Å². The van der Waals surface area contributed by atoms with Gasteiger partial charge in [-0.2, -0.15) is 0 Å². The maximum Gasteiger partial charge on any atom is 0.317 e. The summed E-state index contributed by atoms with van der Waals surface area (Å²) in [6, 6.07) is -0.0321. The molecule has 68 valence electrons. The molecule has 1 saturated carbocycles. The van der Waals surface area contributed by atoms with E-state index in [0.29, 0.717) is 6.54 Å². The molecule has 1 aliphatic heterocycles. The molecule has 2 aliphatic rings. The maximum absolute atomic E-state index is 11.1. The third-order valence-corrected chi connectivity index (χ3v) is 2.71. The van der Waals surface area contributed by atoms with E-state index in [9.17, 15) is 9.90 Å². The number of nitrogens with zero attached hydrogens (tertiary/aromatic N) is 1. The third-order valence-electron chi connectivity index (χ3n) is 2.71. The van der Waals surface area contributed by atoms with Crippen molar-refractivity contribution < 1.29 is 9.90 Å². The molecular weight excluding hydrogens is 156 g/mol. The molecule has 0 spiro atoms. The second-order valence-corrected chi connectivity index (χ2v) is 3.73. The van der Waals surface area contributed by atoms with E-state index in [0.717, 1.165) is 32.4 Å². The molecule has 0 aromatic carbocycles. The van der Waals surface area contributed by atoms with E-state index in [-0.39, 0.29) is 6.03 Å². The average molecular weight is 170 g/mol. The van der Waals surface area contributed by atoms with Crippen molar-refractivity contribution in [3.05, 3.63) is 0 Å². The summed E-state index contributed by atoms with van der Waals surface area (Å²) in [6.45, 7) is 1.97. The summed E-state index contributed by atoms with van der Waals surface area (Å²) < 4.78 is 0. The summed E-state index contributed by atoms with van der Waals surface area (Å²) >= 11 is 0. The molecule has 1 heterocycles. The van der Waals surface area contributed by atoms with Gasteiger partial charge in [-0.1, -0.05) is 0 Å². The van der Waals surface area contributed by atoms with E-state index in [1.807, 2.05) is 0 Å². The van der Waals surface area contributed by atoms with E-state index >= 15 is 0 Å². The van der Waals surface area contributed by atoms with Crippen molar-refractivity contribution in [1.82, 2.24) is 10.2 Å². The van der Waals surface area contributed by atoms with Crippen molar-refractivity contribution in [3.8, 4) is 0 Å². The van der Waals surface area contributed by atoms with Gasteiger partial charge in [-0.25, -0.2) is 4.79 Å². The minimum atomic E-state index is -0.568. The molecule has 2 amide bonds. The van der Waals surface area contributed by atoms with Crippen molar-refractivity contribution in [2.24, 2.45) is 0 Å². The molecule has 4 heteroatoms. The summed E-state index contributed by atoms with van der Waals surface area (Å²) in [5.41, 5.74) is -0.568. The van der Waals surface area contributed by atoms with Gasteiger partial charge in [-0.15, -0.1) is 0 Å². The predicted octanol–water partition coefficient (Wildman–Crippen LogP) is -0.0734. The lowest BCUT2D eigenvalue weighted by atomic mass is 9.80. The van der Waals surface area contributed by atoms with E-state index in [1.54, 1.807) is 4.90 Å². The summed E-state index contributed by atoms with van der Waals surface area (Å²) in [6.07, 6.45) is 2.78. The molecule has 0 radical (unpaired) electrons. The average Bonchev–Trinajstić information content (AvgIpc) is 2.34. The summed E-state index contributed by atoms with van der Waals surface area (Å²) in [5, 5.41) is 12.5. The Morgan fingerprint density at radius 3 is 2.75 bits per heavy atom. The van der Waals surface area contributed by atoms with Crippen molar-refractivity contribution in [2.45, 2.75) is 24.9 Å². The Bertz CT molecular complexity index is 201. The van der Waals surface area contributed by atoms with Gasteiger partial charge in [0.15, 0.2) is 0 Å². The summed E-state index contributed by atoms with van der Waals surface area (Å²) in [4.78, 5) is 12.8. The van der Waals surface area contributed by atoms with Crippen LogP contribution in [0.15, 0.2) is 0 Å². The lowest BCUT2D eigenvalue weighted by molar-refractivity contribution is -0.0483. The van der Waals surface area contributed by atoms with Crippen LogP contribution < -0.4 is 5.32 Å². The monoisotopic (exact) mass is 170 g/mol. The first kappa shape index (κ1) is 7.86. The number of rotatable bonds is 2. The van der Waals surface area contributed by atoms with Crippen molar-refractivity contribution in [3.63, 3.8) is 0 Å². The van der Waals surface area contributed by atoms with Crippen molar-refractivity contribution in [2.75, 3.05) is 19.6 Å². The molecule has 0 atom stereocenters. The van der Waals surface area contributed by atoms with Crippen LogP contribution in [0.25, 0.3) is 0 Å². The fourth-order valence-corrected chi connectivity index (χ4v) is 1.76. The third kappa shape index (κ3) is 1.27. The van der Waals surface area contributed by atoms with Gasteiger partial charge >= 0.3 is 6.03 Å². The number of nitrogens with one attached hydrogen (secondary N) is 1. The molecule has 0 bridgehead atoms. The quantitative estimate of drug-likeness (QED) is 0.609. The normalized spacial score (nSPS) is 26.8. The molecule has 4 nitrogen and oxygen atoms in total. The molecule has 0 unspecified atom stereocenters. The van der Waals surface area contributed by atoms with Gasteiger partial charge in [-0.3, -0.25) is 0 Å². The number of urea groups is 1. The number of carbonyl (C=O) groups is 1. The number of amides is 2. The Balaban J connectivity index is 1.89. The van der Waals surface area contributed by atoms with Crippen LogP contribution in [0, 0.1) is 0 Å². The smallest absolute Gasteiger partial charge is 0.317 e. The highest BCUT2D eigenvalue weighted by Crippen LogP contribution is 2.32. The first-order valence-electron chi connectivity index (χ1n) is 4.45. The Kier molecular flexibility index (Phi) is 1.72. The number of β-amino-alcohol motifs (C(OH)–C–C–N with tert-alkyl or cyclic N) is 1. The summed E-state index contributed by atoms with van der Waals surface area (Å²) in [5.74, 6) is 0. The lowest BCUT2D eigenvalue weighted by Gasteiger charge is -2.39. The zero-order chi connectivity index (χ0) is 8.60. The van der Waals surface area contributed by atoms with Crippen LogP contribution in [0.4, 0.5) is 4.79 Å². The Morgan fingerprint density at radius 1 is 1.58 bits per heavy atom. The summed E-state index contributed by atoms with van der Waals surface area (Å²) in [7, 11) is 0. The number of aliphatic hydroxyl groups is 1. The minimum Gasteiger partial charge on any atom is -0.388 e. The molecule has 1 aliphatic carbocycles. The number of hydrogen-bond donors (Lipinski definition) is 2. The van der Waals surface area contributed by atoms with E-state index in [1.165, 1.54) is 0 Å². The van der Waals surface area contributed by atoms with Crippen LogP contribution in [0.1, 0.15) is 19.3 Å². The molecule has 2 N–H and O–H groups in total. The van der Waals surface area contributed by atoms with Crippen LogP contribution in [0.3, 0.4) is 0 Å². The van der Waals surface area contributed by atoms with Gasteiger partial charge in [0.1, 0.15) is 0 Å². The Labute approximate surface area is 71.5 Å². The highest BCUT2D eigenvalue weighted by molar-refractivity contribution is 5.76. The van der Waals surface area contributed by atoms with Crippen LogP contribution in [0.2, 0.25) is 0 Å². The Hall–Kier alpha value is -0.770. The zero-order valence-corrected chi connectivity index (χ0v) is 7.05. The van der Waals surface area contributed by atoms with Gasteiger partial charge in [0, 0.05) is 13.1 Å². The van der Waals surface area contributed by atoms with Gasteiger partial charge < -0.3 is 15.3 Å². The highest BCUT2D eigenvalue weighted by atomic mass is 16.3. The van der Waals surface area contributed by atoms with Gasteiger partial charge in [0.05, 0.1) is 12.1 Å². The maximum atomic E-state index is 11.1. The molecule has 2 rings (SSSR count). The highest BCUT2D eigenvalue weighted by Gasteiger charge is 2.38. The van der Waals surface area contributed by atoms with E-state index in [4.69, 9.17) is 0 Å². The first-order chi connectivity index (χ1) is 5.70. The van der Waals surface area contributed by atoms with Crippen LogP contribution in [0.5, 0.6) is 0 Å². The topological polar surface area (TPSA) is 52.6 Å². The fraction of sp³-hybridized carbons (Fsp3) is 0.875. The predicted molar refractivity (Wildman–Crippen MR) is 43.8 cm³/mol. The van der Waals surface area contributed by atoms with Crippen molar-refractivity contribution >= 4 is 6.03 Å². The van der Waals surface area contributed by atoms with Gasteiger partial charge in [0.25, 0.3) is 0 Å². The van der Waals surface area contributed by atoms with Crippen LogP contribution in [-0.2, 0) is 0 Å². The standard InChI is InChI=1S/C8H14N2O2/c11-7-9-4-5-10(7)6-8(12)2-1-3-8/h12H,1-6H2,(H,9,11). The van der Waals surface area contributed by atoms with Gasteiger partial charge in [-0.05, 0) is 19.3 Å². The van der Waals surface area contributed by atoms with Crippen LogP contribution in [-0.4, -0.2) is 41.3 Å². The largest absolute Gasteiger partial charge is 0.388 e. The van der Waals surface area contributed by atoms with E-state index < -0.39 is 5.60 Å². The second kappa shape index (κ2) is 2.62. The second-order valence-electron chi connectivity index (χ2n) is 3.73. The SMILES string of the molecule is O=C1NCCN1CC1(O)CCC1. The fourth-order valence-electron chi connectivity index (χ4n) is 1.76. The number of carbonyl (C=O) groups excluding carboxylic acids is 1. The number of hydrogen-bond acceptors (Lipinski definition) is 2. The van der Waals surface area contributed by atoms with E-state index in [2.05, 4.69) is 5.32 Å². The minimum absolute atomic E-state index is 0.0321. The molecule has 1 saturated heterocycles. The molecule has 0 aromatic heterocycles. The molecular formula is C8H14N2O2. The van der Waals surface area contributed by atoms with Crippen molar-refractivity contribution in [1.29, 1.82) is 0 Å². The molecule has 0 aromatic rings. The zero-order valence-electron chi connectivity index (χ0n) is 7.05. The molecule has 2 fully saturated rings. The van der Waals surface area contributed by atoms with Gasteiger partial charge in [0.2, 0.25) is 0 Å². The molecule has 12 heavy (non-hydrogen) atoms. The first-order valence-corrected chi connectivity index (χ1v) is 4.45.